The van der Waals surface area contributed by atoms with Crippen molar-refractivity contribution in [2.45, 2.75) is 13.4 Å². The van der Waals surface area contributed by atoms with Crippen LogP contribution in [0.3, 0.4) is 0 Å². The molecule has 0 spiro atoms. The van der Waals surface area contributed by atoms with Crippen molar-refractivity contribution in [2.75, 3.05) is 0 Å². The largest absolute Gasteiger partial charge is 0.136 e. The van der Waals surface area contributed by atoms with Gasteiger partial charge in [0.2, 0.25) is 0 Å². The van der Waals surface area contributed by atoms with Gasteiger partial charge in [0.1, 0.15) is 2.14 Å². The van der Waals surface area contributed by atoms with Crippen LogP contribution in [0.5, 0.6) is 0 Å². The minimum atomic E-state index is -0.200. The second kappa shape index (κ2) is 5.80. The standard InChI is InChI=1S/C9H7Br5/c10-7-3-1-6(2-4-7)8(11)5-9(12,13)14/h1-4,8H,5H2. The van der Waals surface area contributed by atoms with Crippen LogP contribution in [0.4, 0.5) is 0 Å². The summed E-state index contributed by atoms with van der Waals surface area (Å²) in [6.45, 7) is 0. The van der Waals surface area contributed by atoms with Crippen molar-refractivity contribution in [3.05, 3.63) is 34.3 Å². The van der Waals surface area contributed by atoms with Crippen LogP contribution >= 0.6 is 79.6 Å². The molecule has 0 radical (unpaired) electrons. The average molecular weight is 515 g/mol. The van der Waals surface area contributed by atoms with E-state index in [1.54, 1.807) is 0 Å². The molecule has 1 unspecified atom stereocenters. The predicted octanol–water partition coefficient (Wildman–Crippen LogP) is 6.11. The van der Waals surface area contributed by atoms with Gasteiger partial charge in [0, 0.05) is 9.30 Å². The van der Waals surface area contributed by atoms with E-state index in [0.717, 1.165) is 10.9 Å². The zero-order valence-corrected chi connectivity index (χ0v) is 14.9. The van der Waals surface area contributed by atoms with Gasteiger partial charge in [-0.3, -0.25) is 0 Å². The summed E-state index contributed by atoms with van der Waals surface area (Å²) in [5.74, 6) is 0. The molecule has 0 aromatic heterocycles. The Morgan fingerprint density at radius 3 is 2.00 bits per heavy atom. The minimum Gasteiger partial charge on any atom is -0.0838 e. The smallest absolute Gasteiger partial charge is 0.0838 e. The van der Waals surface area contributed by atoms with Gasteiger partial charge in [-0.2, -0.15) is 0 Å². The Bertz CT molecular complexity index is 287. The van der Waals surface area contributed by atoms with Gasteiger partial charge in [-0.05, 0) is 24.1 Å². The molecule has 5 heteroatoms. The lowest BCUT2D eigenvalue weighted by molar-refractivity contribution is 0.888. The highest BCUT2D eigenvalue weighted by Crippen LogP contribution is 2.44. The highest BCUT2D eigenvalue weighted by Gasteiger charge is 2.23. The third kappa shape index (κ3) is 5.10. The van der Waals surface area contributed by atoms with Crippen molar-refractivity contribution < 1.29 is 0 Å². The molecule has 14 heavy (non-hydrogen) atoms. The lowest BCUT2D eigenvalue weighted by atomic mass is 10.1. The van der Waals surface area contributed by atoms with E-state index in [2.05, 4.69) is 91.8 Å². The summed E-state index contributed by atoms with van der Waals surface area (Å²) in [6, 6.07) is 8.29. The van der Waals surface area contributed by atoms with Crippen LogP contribution in [0.2, 0.25) is 0 Å². The first kappa shape index (κ1) is 13.7. The maximum absolute atomic E-state index is 3.64. The molecule has 1 aromatic carbocycles. The van der Waals surface area contributed by atoms with Gasteiger partial charge in [0.25, 0.3) is 0 Å². The zero-order chi connectivity index (χ0) is 10.8. The first-order valence-electron chi connectivity index (χ1n) is 3.85. The Kier molecular flexibility index (Phi) is 5.67. The number of hydrogen-bond acceptors (Lipinski definition) is 0. The number of halogens is 5. The van der Waals surface area contributed by atoms with Crippen molar-refractivity contribution >= 4 is 79.6 Å². The highest BCUT2D eigenvalue weighted by molar-refractivity contribution is 9.39. The third-order valence-electron chi connectivity index (χ3n) is 1.64. The summed E-state index contributed by atoms with van der Waals surface area (Å²) in [5, 5.41) is 0. The Morgan fingerprint density at radius 1 is 1.07 bits per heavy atom. The molecular weight excluding hydrogens is 508 g/mol. The molecule has 0 amide bonds. The fourth-order valence-electron chi connectivity index (χ4n) is 0.993. The summed E-state index contributed by atoms with van der Waals surface area (Å²) in [7, 11) is 0. The molecule has 0 aliphatic heterocycles. The van der Waals surface area contributed by atoms with E-state index in [4.69, 9.17) is 0 Å². The predicted molar refractivity (Wildman–Crippen MR) is 79.9 cm³/mol. The van der Waals surface area contributed by atoms with E-state index in [1.165, 1.54) is 5.56 Å². The van der Waals surface area contributed by atoms with Crippen molar-refractivity contribution in [1.82, 2.24) is 0 Å². The van der Waals surface area contributed by atoms with Gasteiger partial charge < -0.3 is 0 Å². The number of alkyl halides is 4. The van der Waals surface area contributed by atoms with Gasteiger partial charge in [-0.1, -0.05) is 91.8 Å². The molecule has 1 aromatic rings. The summed E-state index contributed by atoms with van der Waals surface area (Å²) in [4.78, 5) is 0.314. The first-order chi connectivity index (χ1) is 6.38. The second-order valence-corrected chi connectivity index (χ2v) is 12.1. The average Bonchev–Trinajstić information content (AvgIpc) is 2.02. The minimum absolute atomic E-state index is 0.200. The molecule has 0 saturated heterocycles. The number of hydrogen-bond donors (Lipinski definition) is 0. The van der Waals surface area contributed by atoms with E-state index in [0.29, 0.717) is 4.83 Å². The fraction of sp³-hybridized carbons (Fsp3) is 0.333. The van der Waals surface area contributed by atoms with Gasteiger partial charge >= 0.3 is 0 Å². The van der Waals surface area contributed by atoms with Crippen LogP contribution in [0.25, 0.3) is 0 Å². The first-order valence-corrected chi connectivity index (χ1v) is 7.93. The number of benzene rings is 1. The van der Waals surface area contributed by atoms with E-state index in [1.807, 2.05) is 12.1 Å². The maximum Gasteiger partial charge on any atom is 0.136 e. The molecule has 0 aliphatic rings. The summed E-state index contributed by atoms with van der Waals surface area (Å²) in [5.41, 5.74) is 1.26. The molecular formula is C9H7Br5. The monoisotopic (exact) mass is 510 g/mol. The Hall–Kier alpha value is 1.62. The third-order valence-corrected chi connectivity index (χ3v) is 3.99. The normalized spacial score (nSPS) is 14.1. The van der Waals surface area contributed by atoms with Crippen LogP contribution in [0.1, 0.15) is 16.8 Å². The van der Waals surface area contributed by atoms with E-state index < -0.39 is 0 Å². The highest BCUT2D eigenvalue weighted by atomic mass is 80.0. The van der Waals surface area contributed by atoms with Crippen molar-refractivity contribution in [1.29, 1.82) is 0 Å². The molecule has 0 aliphatic carbocycles. The SMILES string of the molecule is Brc1ccc(C(Br)CC(Br)(Br)Br)cc1. The number of rotatable bonds is 2. The molecule has 0 bridgehead atoms. The van der Waals surface area contributed by atoms with Crippen molar-refractivity contribution in [3.63, 3.8) is 0 Å². The van der Waals surface area contributed by atoms with Crippen LogP contribution in [0, 0.1) is 0 Å². The molecule has 1 atom stereocenters. The lowest BCUT2D eigenvalue weighted by Crippen LogP contribution is -2.03. The quantitative estimate of drug-likeness (QED) is 0.418. The molecule has 0 nitrogen and oxygen atoms in total. The van der Waals surface area contributed by atoms with Crippen LogP contribution < -0.4 is 0 Å². The van der Waals surface area contributed by atoms with Gasteiger partial charge in [0.05, 0.1) is 0 Å². The van der Waals surface area contributed by atoms with Crippen LogP contribution in [-0.2, 0) is 0 Å². The summed E-state index contributed by atoms with van der Waals surface area (Å²) in [6.07, 6.45) is 0.897. The molecule has 0 N–H and O–H groups in total. The van der Waals surface area contributed by atoms with E-state index in [9.17, 15) is 0 Å². The van der Waals surface area contributed by atoms with Gasteiger partial charge in [-0.15, -0.1) is 0 Å². The van der Waals surface area contributed by atoms with Gasteiger partial charge in [-0.25, -0.2) is 0 Å². The van der Waals surface area contributed by atoms with Crippen LogP contribution in [0.15, 0.2) is 28.7 Å². The maximum atomic E-state index is 3.64. The zero-order valence-electron chi connectivity index (χ0n) is 6.98. The van der Waals surface area contributed by atoms with E-state index >= 15 is 0 Å². The Balaban J connectivity index is 2.70. The molecule has 0 fully saturated rings. The Morgan fingerprint density at radius 2 is 1.57 bits per heavy atom. The molecule has 0 heterocycles. The topological polar surface area (TPSA) is 0 Å². The summed E-state index contributed by atoms with van der Waals surface area (Å²) < 4.78 is 0.901. The van der Waals surface area contributed by atoms with Crippen molar-refractivity contribution in [3.8, 4) is 0 Å². The lowest BCUT2D eigenvalue weighted by Gasteiger charge is -2.17. The van der Waals surface area contributed by atoms with Gasteiger partial charge in [0.15, 0.2) is 0 Å². The molecule has 78 valence electrons. The molecule has 1 rings (SSSR count). The molecule has 0 saturated carbocycles. The van der Waals surface area contributed by atoms with Crippen molar-refractivity contribution in [2.24, 2.45) is 0 Å². The fourth-order valence-corrected chi connectivity index (χ4v) is 4.32. The summed E-state index contributed by atoms with van der Waals surface area (Å²) >= 11 is 17.5. The second-order valence-electron chi connectivity index (χ2n) is 2.84. The van der Waals surface area contributed by atoms with Crippen LogP contribution in [-0.4, -0.2) is 2.14 Å². The van der Waals surface area contributed by atoms with E-state index in [-0.39, 0.29) is 2.14 Å². The Labute approximate surface area is 126 Å².